The summed E-state index contributed by atoms with van der Waals surface area (Å²) in [5, 5.41) is 7.71. The van der Waals surface area contributed by atoms with Crippen LogP contribution in [0.2, 0.25) is 0 Å². The molecule has 150 valence electrons. The van der Waals surface area contributed by atoms with E-state index in [0.29, 0.717) is 34.4 Å². The monoisotopic (exact) mass is 412 g/mol. The Morgan fingerprint density at radius 2 is 1.97 bits per heavy atom. The summed E-state index contributed by atoms with van der Waals surface area (Å²) in [6, 6.07) is 8.59. The number of rotatable bonds is 8. The van der Waals surface area contributed by atoms with E-state index in [4.69, 9.17) is 9.47 Å². The predicted octanol–water partition coefficient (Wildman–Crippen LogP) is 2.67. The molecule has 3 aromatic rings. The maximum Gasteiger partial charge on any atom is 0.257 e. The number of thiazole rings is 1. The summed E-state index contributed by atoms with van der Waals surface area (Å²) >= 11 is 1.26. The van der Waals surface area contributed by atoms with E-state index in [-0.39, 0.29) is 18.2 Å². The average molecular weight is 412 g/mol. The minimum Gasteiger partial charge on any atom is -0.493 e. The van der Waals surface area contributed by atoms with Gasteiger partial charge in [-0.3, -0.25) is 19.9 Å². The van der Waals surface area contributed by atoms with Gasteiger partial charge in [-0.25, -0.2) is 4.98 Å². The summed E-state index contributed by atoms with van der Waals surface area (Å²) in [7, 11) is 3.04. The van der Waals surface area contributed by atoms with E-state index in [1.165, 1.54) is 25.6 Å². The number of hydrogen-bond acceptors (Lipinski definition) is 7. The van der Waals surface area contributed by atoms with Gasteiger partial charge in [0, 0.05) is 29.9 Å². The standard InChI is InChI=1S/C20H20N4O4S/c1-27-16-6-5-14(8-17(16)28-2)19(26)24-20-23-15(12-29-20)9-18(25)22-11-13-4-3-7-21-10-13/h3-8,10,12H,9,11H2,1-2H3,(H,22,25)(H,23,24,26). The molecular weight excluding hydrogens is 392 g/mol. The lowest BCUT2D eigenvalue weighted by Crippen LogP contribution is -2.24. The number of nitrogens with zero attached hydrogens (tertiary/aromatic N) is 2. The largest absolute Gasteiger partial charge is 0.493 e. The number of nitrogens with one attached hydrogen (secondary N) is 2. The third-order valence-corrected chi connectivity index (χ3v) is 4.78. The predicted molar refractivity (Wildman–Crippen MR) is 109 cm³/mol. The smallest absolute Gasteiger partial charge is 0.257 e. The van der Waals surface area contributed by atoms with Crippen LogP contribution in [-0.2, 0) is 17.8 Å². The molecule has 0 saturated carbocycles. The number of benzene rings is 1. The molecular formula is C20H20N4O4S. The molecule has 0 fully saturated rings. The second kappa shape index (κ2) is 9.65. The van der Waals surface area contributed by atoms with Gasteiger partial charge in [0.1, 0.15) is 0 Å². The summed E-state index contributed by atoms with van der Waals surface area (Å²) in [5.74, 6) is 0.521. The van der Waals surface area contributed by atoms with Crippen LogP contribution < -0.4 is 20.1 Å². The molecule has 2 aromatic heterocycles. The highest BCUT2D eigenvalue weighted by Gasteiger charge is 2.14. The Morgan fingerprint density at radius 3 is 2.69 bits per heavy atom. The molecule has 0 aliphatic carbocycles. The highest BCUT2D eigenvalue weighted by Crippen LogP contribution is 2.28. The van der Waals surface area contributed by atoms with Crippen molar-refractivity contribution in [1.82, 2.24) is 15.3 Å². The summed E-state index contributed by atoms with van der Waals surface area (Å²) in [6.45, 7) is 0.402. The first-order valence-corrected chi connectivity index (χ1v) is 9.60. The number of carbonyl (C=O) groups is 2. The van der Waals surface area contributed by atoms with E-state index < -0.39 is 0 Å². The van der Waals surface area contributed by atoms with Crippen LogP contribution in [-0.4, -0.2) is 36.0 Å². The third-order valence-electron chi connectivity index (χ3n) is 3.97. The van der Waals surface area contributed by atoms with Gasteiger partial charge in [-0.2, -0.15) is 0 Å². The van der Waals surface area contributed by atoms with E-state index in [1.807, 2.05) is 12.1 Å². The van der Waals surface area contributed by atoms with Crippen LogP contribution in [0.4, 0.5) is 5.13 Å². The zero-order valence-electron chi connectivity index (χ0n) is 16.0. The first-order valence-electron chi connectivity index (χ1n) is 8.72. The normalized spacial score (nSPS) is 10.3. The fourth-order valence-corrected chi connectivity index (χ4v) is 3.23. The average Bonchev–Trinajstić information content (AvgIpc) is 3.18. The first kappa shape index (κ1) is 20.3. The minimum atomic E-state index is -0.326. The fourth-order valence-electron chi connectivity index (χ4n) is 2.52. The van der Waals surface area contributed by atoms with E-state index >= 15 is 0 Å². The van der Waals surface area contributed by atoms with E-state index in [9.17, 15) is 9.59 Å². The highest BCUT2D eigenvalue weighted by molar-refractivity contribution is 7.14. The zero-order valence-corrected chi connectivity index (χ0v) is 16.8. The maximum absolute atomic E-state index is 12.4. The lowest BCUT2D eigenvalue weighted by molar-refractivity contribution is -0.120. The summed E-state index contributed by atoms with van der Waals surface area (Å²) < 4.78 is 10.4. The van der Waals surface area contributed by atoms with Crippen molar-refractivity contribution in [2.45, 2.75) is 13.0 Å². The molecule has 0 spiro atoms. The van der Waals surface area contributed by atoms with Crippen LogP contribution in [0.5, 0.6) is 11.5 Å². The zero-order chi connectivity index (χ0) is 20.6. The molecule has 2 heterocycles. The maximum atomic E-state index is 12.4. The van der Waals surface area contributed by atoms with Crippen LogP contribution >= 0.6 is 11.3 Å². The minimum absolute atomic E-state index is 0.128. The van der Waals surface area contributed by atoms with E-state index in [0.717, 1.165) is 5.56 Å². The van der Waals surface area contributed by atoms with E-state index in [2.05, 4.69) is 20.6 Å². The van der Waals surface area contributed by atoms with Crippen LogP contribution in [0, 0.1) is 0 Å². The van der Waals surface area contributed by atoms with Crippen molar-refractivity contribution >= 4 is 28.3 Å². The number of methoxy groups -OCH3 is 2. The second-order valence-corrected chi connectivity index (χ2v) is 6.84. The van der Waals surface area contributed by atoms with Crippen molar-refractivity contribution < 1.29 is 19.1 Å². The van der Waals surface area contributed by atoms with Crippen LogP contribution in [0.3, 0.4) is 0 Å². The summed E-state index contributed by atoms with van der Waals surface area (Å²) in [5.41, 5.74) is 1.91. The molecule has 2 N–H and O–H groups in total. The molecule has 0 bridgehead atoms. The van der Waals surface area contributed by atoms with Crippen molar-refractivity contribution in [3.8, 4) is 11.5 Å². The molecule has 0 aliphatic heterocycles. The summed E-state index contributed by atoms with van der Waals surface area (Å²) in [6.07, 6.45) is 3.51. The molecule has 0 aliphatic rings. The summed E-state index contributed by atoms with van der Waals surface area (Å²) in [4.78, 5) is 32.8. The van der Waals surface area contributed by atoms with Crippen LogP contribution in [0.25, 0.3) is 0 Å². The van der Waals surface area contributed by atoms with Gasteiger partial charge in [-0.1, -0.05) is 6.07 Å². The van der Waals surface area contributed by atoms with Gasteiger partial charge in [0.15, 0.2) is 16.6 Å². The van der Waals surface area contributed by atoms with Crippen LogP contribution in [0.15, 0.2) is 48.1 Å². The Labute approximate surface area is 171 Å². The van der Waals surface area contributed by atoms with Crippen LogP contribution in [0.1, 0.15) is 21.6 Å². The number of pyridine rings is 1. The molecule has 29 heavy (non-hydrogen) atoms. The van der Waals surface area contributed by atoms with Gasteiger partial charge in [-0.15, -0.1) is 11.3 Å². The Bertz CT molecular complexity index is 991. The number of amides is 2. The van der Waals surface area contributed by atoms with Crippen molar-refractivity contribution in [2.75, 3.05) is 19.5 Å². The van der Waals surface area contributed by atoms with Crippen molar-refractivity contribution in [1.29, 1.82) is 0 Å². The molecule has 3 rings (SSSR count). The lowest BCUT2D eigenvalue weighted by Gasteiger charge is -2.09. The Kier molecular flexibility index (Phi) is 6.75. The van der Waals surface area contributed by atoms with Crippen molar-refractivity contribution in [2.24, 2.45) is 0 Å². The molecule has 0 atom stereocenters. The Balaban J connectivity index is 1.55. The highest BCUT2D eigenvalue weighted by atomic mass is 32.1. The van der Waals surface area contributed by atoms with Gasteiger partial charge in [-0.05, 0) is 29.8 Å². The Morgan fingerprint density at radius 1 is 1.14 bits per heavy atom. The molecule has 2 amide bonds. The lowest BCUT2D eigenvalue weighted by atomic mass is 10.2. The van der Waals surface area contributed by atoms with Gasteiger partial charge in [0.05, 0.1) is 26.3 Å². The van der Waals surface area contributed by atoms with Gasteiger partial charge < -0.3 is 14.8 Å². The number of anilines is 1. The third kappa shape index (κ3) is 5.52. The van der Waals surface area contributed by atoms with Gasteiger partial charge >= 0.3 is 0 Å². The molecule has 0 radical (unpaired) electrons. The second-order valence-electron chi connectivity index (χ2n) is 5.98. The number of aromatic nitrogens is 2. The Hall–Kier alpha value is -3.46. The van der Waals surface area contributed by atoms with Crippen molar-refractivity contribution in [3.63, 3.8) is 0 Å². The first-order chi connectivity index (χ1) is 14.1. The van der Waals surface area contributed by atoms with Crippen molar-refractivity contribution in [3.05, 3.63) is 64.9 Å². The SMILES string of the molecule is COc1ccc(C(=O)Nc2nc(CC(=O)NCc3cccnc3)cs2)cc1OC. The molecule has 0 unspecified atom stereocenters. The topological polar surface area (TPSA) is 102 Å². The molecule has 1 aromatic carbocycles. The van der Waals surface area contributed by atoms with Gasteiger partial charge in [0.25, 0.3) is 5.91 Å². The quantitative estimate of drug-likeness (QED) is 0.590. The fraction of sp³-hybridized carbons (Fsp3) is 0.200. The van der Waals surface area contributed by atoms with E-state index in [1.54, 1.807) is 36.0 Å². The number of carbonyl (C=O) groups excluding carboxylic acids is 2. The van der Waals surface area contributed by atoms with Gasteiger partial charge in [0.2, 0.25) is 5.91 Å². The number of ether oxygens (including phenoxy) is 2. The number of hydrogen-bond donors (Lipinski definition) is 2. The molecule has 0 saturated heterocycles. The molecule has 9 heteroatoms. The molecule has 8 nitrogen and oxygen atoms in total.